The Balaban J connectivity index is 0.00000529. The van der Waals surface area contributed by atoms with Gasteiger partial charge >= 0.3 is 0 Å². The van der Waals surface area contributed by atoms with Gasteiger partial charge in [-0.2, -0.15) is 0 Å². The van der Waals surface area contributed by atoms with Crippen LogP contribution in [0.25, 0.3) is 0 Å². The fourth-order valence-corrected chi connectivity index (χ4v) is 2.78. The van der Waals surface area contributed by atoms with E-state index in [0.717, 1.165) is 51.5 Å². The summed E-state index contributed by atoms with van der Waals surface area (Å²) in [5, 5.41) is 3.39. The second-order valence-corrected chi connectivity index (χ2v) is 6.23. The highest BCUT2D eigenvalue weighted by atomic mass is 127. The molecular weight excluding hydrogens is 417 g/mol. The number of unbranched alkanes of at least 4 members (excludes halogenated alkanes) is 3. The average Bonchev–Trinajstić information content (AvgIpc) is 2.59. The molecule has 0 spiro atoms. The lowest BCUT2D eigenvalue weighted by atomic mass is 9.94. The zero-order valence-corrected chi connectivity index (χ0v) is 18.0. The Morgan fingerprint density at radius 3 is 2.62 bits per heavy atom. The van der Waals surface area contributed by atoms with E-state index in [1.54, 1.807) is 7.11 Å². The van der Waals surface area contributed by atoms with Gasteiger partial charge in [0.2, 0.25) is 0 Å². The van der Waals surface area contributed by atoms with Gasteiger partial charge in [0.25, 0.3) is 0 Å². The van der Waals surface area contributed by atoms with Crippen LogP contribution in [0.1, 0.15) is 45.4 Å². The molecule has 1 rings (SSSR count). The molecule has 0 unspecified atom stereocenters. The van der Waals surface area contributed by atoms with Gasteiger partial charge < -0.3 is 19.7 Å². The normalized spacial score (nSPS) is 17.0. The number of rotatable bonds is 10. The molecule has 24 heavy (non-hydrogen) atoms. The van der Waals surface area contributed by atoms with Crippen molar-refractivity contribution in [3.63, 3.8) is 0 Å². The molecule has 5 nitrogen and oxygen atoms in total. The minimum atomic E-state index is -0.163. The van der Waals surface area contributed by atoms with Crippen LogP contribution in [0.5, 0.6) is 0 Å². The Hall–Kier alpha value is -0.340. The summed E-state index contributed by atoms with van der Waals surface area (Å²) in [6, 6.07) is 0. The topological polar surface area (TPSA) is 46.1 Å². The summed E-state index contributed by atoms with van der Waals surface area (Å²) in [5.74, 6) is 0.971. The van der Waals surface area contributed by atoms with Gasteiger partial charge in [-0.3, -0.25) is 4.99 Å². The average molecular weight is 453 g/mol. The zero-order chi connectivity index (χ0) is 17.0. The predicted molar refractivity (Wildman–Crippen MR) is 112 cm³/mol. The van der Waals surface area contributed by atoms with Gasteiger partial charge in [-0.15, -0.1) is 30.6 Å². The summed E-state index contributed by atoms with van der Waals surface area (Å²) in [6.07, 6.45) is 8.56. The monoisotopic (exact) mass is 453 g/mol. The molecule has 0 aromatic heterocycles. The summed E-state index contributed by atoms with van der Waals surface area (Å²) >= 11 is 0. The molecule has 0 aliphatic carbocycles. The van der Waals surface area contributed by atoms with E-state index >= 15 is 0 Å². The molecule has 0 aromatic rings. The fourth-order valence-electron chi connectivity index (χ4n) is 2.78. The number of halogens is 1. The molecule has 0 aromatic carbocycles. The molecule has 0 amide bonds. The summed E-state index contributed by atoms with van der Waals surface area (Å²) < 4.78 is 11.2. The van der Waals surface area contributed by atoms with Crippen LogP contribution < -0.4 is 5.32 Å². The van der Waals surface area contributed by atoms with Gasteiger partial charge in [0.15, 0.2) is 5.96 Å². The number of aliphatic imine (C=N–C) groups is 1. The van der Waals surface area contributed by atoms with Crippen molar-refractivity contribution in [3.8, 4) is 0 Å². The molecule has 6 heteroatoms. The van der Waals surface area contributed by atoms with Crippen molar-refractivity contribution < 1.29 is 9.47 Å². The first-order valence-electron chi connectivity index (χ1n) is 8.90. The Kier molecular flexibility index (Phi) is 13.7. The van der Waals surface area contributed by atoms with Crippen molar-refractivity contribution in [2.75, 3.05) is 47.0 Å². The summed E-state index contributed by atoms with van der Waals surface area (Å²) in [5.41, 5.74) is -0.163. The van der Waals surface area contributed by atoms with Crippen LogP contribution in [-0.2, 0) is 9.47 Å². The van der Waals surface area contributed by atoms with Crippen molar-refractivity contribution in [2.45, 2.75) is 51.0 Å². The van der Waals surface area contributed by atoms with Crippen molar-refractivity contribution in [2.24, 2.45) is 4.99 Å². The van der Waals surface area contributed by atoms with E-state index in [0.29, 0.717) is 6.54 Å². The number of allylic oxidation sites excluding steroid dienone is 1. The van der Waals surface area contributed by atoms with E-state index in [1.165, 1.54) is 19.3 Å². The first-order valence-corrected chi connectivity index (χ1v) is 8.90. The highest BCUT2D eigenvalue weighted by Crippen LogP contribution is 2.24. The van der Waals surface area contributed by atoms with Crippen molar-refractivity contribution in [1.82, 2.24) is 10.2 Å². The molecule has 0 radical (unpaired) electrons. The molecule has 1 saturated heterocycles. The Bertz CT molecular complexity index is 358. The molecule has 0 atom stereocenters. The van der Waals surface area contributed by atoms with E-state index in [-0.39, 0.29) is 29.6 Å². The lowest BCUT2D eigenvalue weighted by Gasteiger charge is -2.35. The van der Waals surface area contributed by atoms with Gasteiger partial charge in [0.1, 0.15) is 0 Å². The quantitative estimate of drug-likeness (QED) is 0.181. The smallest absolute Gasteiger partial charge is 0.193 e. The number of guanidine groups is 1. The fraction of sp³-hybridized carbons (Fsp3) is 0.833. The molecule has 1 aliphatic heterocycles. The number of methoxy groups -OCH3 is 1. The molecule has 0 bridgehead atoms. The number of ether oxygens (including phenoxy) is 2. The SMILES string of the molecule is C=CCCCCCN(C)C(=NCC1(OC)CCOCC1)NCC.I. The highest BCUT2D eigenvalue weighted by Gasteiger charge is 2.32. The van der Waals surface area contributed by atoms with Crippen LogP contribution in [0.3, 0.4) is 0 Å². The van der Waals surface area contributed by atoms with Gasteiger partial charge in [-0.05, 0) is 26.2 Å². The zero-order valence-electron chi connectivity index (χ0n) is 15.7. The van der Waals surface area contributed by atoms with E-state index in [2.05, 4.69) is 30.8 Å². The predicted octanol–water partition coefficient (Wildman–Crippen LogP) is 3.44. The summed E-state index contributed by atoms with van der Waals surface area (Å²) in [4.78, 5) is 7.05. The van der Waals surface area contributed by atoms with Gasteiger partial charge in [0.05, 0.1) is 12.1 Å². The van der Waals surface area contributed by atoms with Crippen LogP contribution in [0, 0.1) is 0 Å². The number of hydrogen-bond acceptors (Lipinski definition) is 3. The maximum atomic E-state index is 5.77. The van der Waals surface area contributed by atoms with Crippen molar-refractivity contribution in [3.05, 3.63) is 12.7 Å². The molecule has 1 aliphatic rings. The van der Waals surface area contributed by atoms with Crippen molar-refractivity contribution in [1.29, 1.82) is 0 Å². The number of nitrogens with zero attached hydrogens (tertiary/aromatic N) is 2. The minimum Gasteiger partial charge on any atom is -0.381 e. The molecule has 0 saturated carbocycles. The molecular formula is C18H36IN3O2. The Labute approximate surface area is 165 Å². The standard InChI is InChI=1S/C18H35N3O2.HI/c1-5-7-8-9-10-13-21(3)17(19-6-2)20-16-18(22-4)11-14-23-15-12-18;/h5H,1,6-16H2,2-4H3,(H,19,20);1H. The van der Waals surface area contributed by atoms with E-state index in [4.69, 9.17) is 14.5 Å². The third-order valence-electron chi connectivity index (χ3n) is 4.45. The maximum Gasteiger partial charge on any atom is 0.193 e. The van der Waals surface area contributed by atoms with E-state index in [1.807, 2.05) is 6.08 Å². The molecule has 1 fully saturated rings. The number of nitrogens with one attached hydrogen (secondary N) is 1. The lowest BCUT2D eigenvalue weighted by molar-refractivity contribution is -0.0829. The third-order valence-corrected chi connectivity index (χ3v) is 4.45. The maximum absolute atomic E-state index is 5.77. The van der Waals surface area contributed by atoms with Crippen LogP contribution in [0.4, 0.5) is 0 Å². The second-order valence-electron chi connectivity index (χ2n) is 6.23. The van der Waals surface area contributed by atoms with Crippen LogP contribution in [-0.4, -0.2) is 63.5 Å². The largest absolute Gasteiger partial charge is 0.381 e. The van der Waals surface area contributed by atoms with E-state index in [9.17, 15) is 0 Å². The first kappa shape index (κ1) is 23.7. The van der Waals surface area contributed by atoms with E-state index < -0.39 is 0 Å². The first-order chi connectivity index (χ1) is 11.2. The second kappa shape index (κ2) is 13.9. The summed E-state index contributed by atoms with van der Waals surface area (Å²) in [7, 11) is 3.90. The summed E-state index contributed by atoms with van der Waals surface area (Å²) in [6.45, 7) is 9.99. The molecule has 1 heterocycles. The third kappa shape index (κ3) is 8.67. The molecule has 1 N–H and O–H groups in total. The van der Waals surface area contributed by atoms with Gasteiger partial charge in [-0.1, -0.05) is 12.5 Å². The minimum absolute atomic E-state index is 0. The van der Waals surface area contributed by atoms with Gasteiger partial charge in [0, 0.05) is 53.3 Å². The Morgan fingerprint density at radius 2 is 2.04 bits per heavy atom. The highest BCUT2D eigenvalue weighted by molar-refractivity contribution is 14.0. The van der Waals surface area contributed by atoms with Gasteiger partial charge in [-0.25, -0.2) is 0 Å². The van der Waals surface area contributed by atoms with Crippen LogP contribution in [0.2, 0.25) is 0 Å². The number of hydrogen-bond donors (Lipinski definition) is 1. The van der Waals surface area contributed by atoms with Crippen LogP contribution in [0.15, 0.2) is 17.6 Å². The Morgan fingerprint density at radius 1 is 1.33 bits per heavy atom. The van der Waals surface area contributed by atoms with Crippen molar-refractivity contribution >= 4 is 29.9 Å². The van der Waals surface area contributed by atoms with Crippen LogP contribution >= 0.6 is 24.0 Å². The molecule has 142 valence electrons. The lowest BCUT2D eigenvalue weighted by Crippen LogP contribution is -2.44.